The van der Waals surface area contributed by atoms with Crippen molar-refractivity contribution in [3.63, 3.8) is 0 Å². The fraction of sp³-hybridized carbons (Fsp3) is 0.296. The summed E-state index contributed by atoms with van der Waals surface area (Å²) in [5.41, 5.74) is 3.89. The second kappa shape index (κ2) is 10.4. The van der Waals surface area contributed by atoms with Gasteiger partial charge in [-0.3, -0.25) is 9.10 Å². The Morgan fingerprint density at radius 2 is 1.71 bits per heavy atom. The van der Waals surface area contributed by atoms with Crippen molar-refractivity contribution < 1.29 is 22.7 Å². The molecular weight excluding hydrogens is 464 g/mol. The fourth-order valence-corrected chi connectivity index (χ4v) is 5.82. The van der Waals surface area contributed by atoms with Gasteiger partial charge in [0.25, 0.3) is 10.0 Å². The Balaban J connectivity index is 1.65. The Labute approximate surface area is 206 Å². The van der Waals surface area contributed by atoms with Crippen LogP contribution in [0.2, 0.25) is 0 Å². The Kier molecular flexibility index (Phi) is 7.31. The number of ether oxygens (including phenoxy) is 2. The summed E-state index contributed by atoms with van der Waals surface area (Å²) < 4.78 is 39.1. The lowest BCUT2D eigenvalue weighted by molar-refractivity contribution is -0.120. The van der Waals surface area contributed by atoms with Gasteiger partial charge >= 0.3 is 0 Å². The number of carbonyl (C=O) groups is 1. The molecule has 0 saturated carbocycles. The van der Waals surface area contributed by atoms with Crippen LogP contribution >= 0.6 is 0 Å². The second-order valence-corrected chi connectivity index (χ2v) is 10.4. The summed E-state index contributed by atoms with van der Waals surface area (Å²) in [4.78, 5) is 13.3. The topological polar surface area (TPSA) is 84.9 Å². The number of hydrogen-bond acceptors (Lipinski definition) is 5. The number of carbonyl (C=O) groups excluding carboxylic acids is 1. The molecule has 0 aromatic heterocycles. The minimum atomic E-state index is -4.08. The molecule has 0 fully saturated rings. The van der Waals surface area contributed by atoms with Gasteiger partial charge in [-0.15, -0.1) is 0 Å². The Morgan fingerprint density at radius 1 is 0.971 bits per heavy atom. The van der Waals surface area contributed by atoms with E-state index in [1.165, 1.54) is 37.5 Å². The molecule has 35 heavy (non-hydrogen) atoms. The standard InChI is InChI=1S/C27H30N2O5S/c1-19(21-13-12-20-8-7-9-22(20)16-21)28-27(30)18-29(35(31,32)24-10-5-4-6-11-24)25-17-23(33-2)14-15-26(25)34-3/h4-6,10-17,19H,7-9,18H2,1-3H3,(H,28,30)/t19-/m1/s1. The summed E-state index contributed by atoms with van der Waals surface area (Å²) >= 11 is 0. The van der Waals surface area contributed by atoms with E-state index >= 15 is 0 Å². The van der Waals surface area contributed by atoms with Crippen LogP contribution in [-0.2, 0) is 27.7 Å². The third kappa shape index (κ3) is 5.27. The summed E-state index contributed by atoms with van der Waals surface area (Å²) in [6, 6.07) is 18.9. The van der Waals surface area contributed by atoms with Gasteiger partial charge in [0.15, 0.2) is 0 Å². The Hall–Kier alpha value is -3.52. The first-order valence-electron chi connectivity index (χ1n) is 11.5. The molecule has 1 amide bonds. The number of nitrogens with zero attached hydrogens (tertiary/aromatic N) is 1. The molecule has 1 N–H and O–H groups in total. The molecule has 1 aliphatic carbocycles. The van der Waals surface area contributed by atoms with Gasteiger partial charge in [0.05, 0.1) is 30.8 Å². The molecule has 3 aromatic carbocycles. The van der Waals surface area contributed by atoms with Crippen molar-refractivity contribution in [3.05, 3.63) is 83.4 Å². The molecule has 0 saturated heterocycles. The Bertz CT molecular complexity index is 1310. The zero-order valence-corrected chi connectivity index (χ0v) is 21.0. The third-order valence-corrected chi connectivity index (χ3v) is 8.05. The molecule has 0 aliphatic heterocycles. The highest BCUT2D eigenvalue weighted by Crippen LogP contribution is 2.35. The quantitative estimate of drug-likeness (QED) is 0.480. The van der Waals surface area contributed by atoms with Gasteiger partial charge < -0.3 is 14.8 Å². The minimum Gasteiger partial charge on any atom is -0.497 e. The molecule has 4 rings (SSSR count). The highest BCUT2D eigenvalue weighted by Gasteiger charge is 2.30. The van der Waals surface area contributed by atoms with Crippen molar-refractivity contribution in [2.45, 2.75) is 37.1 Å². The lowest BCUT2D eigenvalue weighted by atomic mass is 10.0. The second-order valence-electron chi connectivity index (χ2n) is 8.53. The van der Waals surface area contributed by atoms with Crippen molar-refractivity contribution >= 4 is 21.6 Å². The van der Waals surface area contributed by atoms with Crippen LogP contribution in [0.25, 0.3) is 0 Å². The molecular formula is C27H30N2O5S. The first-order valence-corrected chi connectivity index (χ1v) is 13.0. The van der Waals surface area contributed by atoms with E-state index < -0.39 is 22.5 Å². The summed E-state index contributed by atoms with van der Waals surface area (Å²) in [5, 5.41) is 2.96. The van der Waals surface area contributed by atoms with E-state index in [-0.39, 0.29) is 16.6 Å². The molecule has 7 nitrogen and oxygen atoms in total. The lowest BCUT2D eigenvalue weighted by Crippen LogP contribution is -2.41. The number of methoxy groups -OCH3 is 2. The average Bonchev–Trinajstić information content (AvgIpc) is 3.35. The van der Waals surface area contributed by atoms with E-state index in [4.69, 9.17) is 9.47 Å². The number of aryl methyl sites for hydroxylation is 2. The van der Waals surface area contributed by atoms with Gasteiger partial charge in [0, 0.05) is 6.07 Å². The van der Waals surface area contributed by atoms with Gasteiger partial charge in [0.1, 0.15) is 18.0 Å². The molecule has 8 heteroatoms. The summed E-state index contributed by atoms with van der Waals surface area (Å²) in [6.07, 6.45) is 3.28. The van der Waals surface area contributed by atoms with Gasteiger partial charge in [-0.2, -0.15) is 0 Å². The van der Waals surface area contributed by atoms with Crippen LogP contribution in [0, 0.1) is 0 Å². The van der Waals surface area contributed by atoms with Gasteiger partial charge in [0.2, 0.25) is 5.91 Å². The van der Waals surface area contributed by atoms with Crippen molar-refractivity contribution in [2.75, 3.05) is 25.1 Å². The number of fused-ring (bicyclic) bond motifs is 1. The van der Waals surface area contributed by atoms with Crippen molar-refractivity contribution in [1.29, 1.82) is 0 Å². The maximum Gasteiger partial charge on any atom is 0.264 e. The largest absolute Gasteiger partial charge is 0.497 e. The third-order valence-electron chi connectivity index (χ3n) is 6.27. The molecule has 1 atom stereocenters. The van der Waals surface area contributed by atoms with Crippen LogP contribution in [-0.4, -0.2) is 35.1 Å². The van der Waals surface area contributed by atoms with Gasteiger partial charge in [-0.25, -0.2) is 8.42 Å². The summed E-state index contributed by atoms with van der Waals surface area (Å²) in [7, 11) is -1.13. The molecule has 0 spiro atoms. The van der Waals surface area contributed by atoms with E-state index in [0.717, 1.165) is 29.1 Å². The SMILES string of the molecule is COc1ccc(OC)c(N(CC(=O)N[C@H](C)c2ccc3c(c2)CCC3)S(=O)(=O)c2ccccc2)c1. The molecule has 184 valence electrons. The van der Waals surface area contributed by atoms with Crippen LogP contribution in [0.15, 0.2) is 71.6 Å². The number of sulfonamides is 1. The van der Waals surface area contributed by atoms with Crippen LogP contribution in [0.3, 0.4) is 0 Å². The summed E-state index contributed by atoms with van der Waals surface area (Å²) in [5.74, 6) is 0.327. The van der Waals surface area contributed by atoms with Crippen LogP contribution in [0.4, 0.5) is 5.69 Å². The van der Waals surface area contributed by atoms with E-state index in [0.29, 0.717) is 11.5 Å². The monoisotopic (exact) mass is 494 g/mol. The molecule has 3 aromatic rings. The van der Waals surface area contributed by atoms with Crippen molar-refractivity contribution in [2.24, 2.45) is 0 Å². The van der Waals surface area contributed by atoms with Crippen LogP contribution in [0.1, 0.15) is 36.1 Å². The highest BCUT2D eigenvalue weighted by atomic mass is 32.2. The first-order chi connectivity index (χ1) is 16.8. The van der Waals surface area contributed by atoms with E-state index in [1.807, 2.05) is 13.0 Å². The predicted molar refractivity (Wildman–Crippen MR) is 136 cm³/mol. The maximum atomic E-state index is 13.7. The lowest BCUT2D eigenvalue weighted by Gasteiger charge is -2.27. The average molecular weight is 495 g/mol. The normalized spacial score (nSPS) is 13.6. The fourth-order valence-electron chi connectivity index (χ4n) is 4.37. The molecule has 0 unspecified atom stereocenters. The maximum absolute atomic E-state index is 13.7. The van der Waals surface area contributed by atoms with E-state index in [2.05, 4.69) is 17.4 Å². The van der Waals surface area contributed by atoms with Gasteiger partial charge in [-0.05, 0) is 67.1 Å². The summed E-state index contributed by atoms with van der Waals surface area (Å²) in [6.45, 7) is 1.48. The smallest absolute Gasteiger partial charge is 0.264 e. The first kappa shape index (κ1) is 24.6. The molecule has 0 heterocycles. The molecule has 0 bridgehead atoms. The number of benzene rings is 3. The number of amides is 1. The number of rotatable bonds is 9. The number of anilines is 1. The zero-order valence-electron chi connectivity index (χ0n) is 20.2. The van der Waals surface area contributed by atoms with Crippen molar-refractivity contribution in [1.82, 2.24) is 5.32 Å². The van der Waals surface area contributed by atoms with Crippen molar-refractivity contribution in [3.8, 4) is 11.5 Å². The molecule has 0 radical (unpaired) electrons. The highest BCUT2D eigenvalue weighted by molar-refractivity contribution is 7.92. The molecule has 1 aliphatic rings. The van der Waals surface area contributed by atoms with Crippen LogP contribution < -0.4 is 19.1 Å². The minimum absolute atomic E-state index is 0.0735. The Morgan fingerprint density at radius 3 is 2.43 bits per heavy atom. The number of nitrogens with one attached hydrogen (secondary N) is 1. The van der Waals surface area contributed by atoms with E-state index in [1.54, 1.807) is 36.4 Å². The van der Waals surface area contributed by atoms with Crippen LogP contribution in [0.5, 0.6) is 11.5 Å². The van der Waals surface area contributed by atoms with Gasteiger partial charge in [-0.1, -0.05) is 36.4 Å². The van der Waals surface area contributed by atoms with E-state index in [9.17, 15) is 13.2 Å². The predicted octanol–water partition coefficient (Wildman–Crippen LogP) is 4.27. The number of hydrogen-bond donors (Lipinski definition) is 1. The zero-order chi connectivity index (χ0) is 25.0.